The number of aromatic hydroxyl groups is 2. The van der Waals surface area contributed by atoms with Crippen LogP contribution in [0.25, 0.3) is 0 Å². The summed E-state index contributed by atoms with van der Waals surface area (Å²) in [7, 11) is 1.73. The topological polar surface area (TPSA) is 87.7 Å². The quantitative estimate of drug-likeness (QED) is 0.230. The monoisotopic (exact) mass is 498 g/mol. The highest BCUT2D eigenvalue weighted by Crippen LogP contribution is 2.42. The van der Waals surface area contributed by atoms with Crippen LogP contribution in [-0.2, 0) is 12.8 Å². The van der Waals surface area contributed by atoms with E-state index in [2.05, 4.69) is 17.4 Å². The van der Waals surface area contributed by atoms with Crippen molar-refractivity contribution < 1.29 is 14.9 Å². The highest BCUT2D eigenvalue weighted by molar-refractivity contribution is 5.85. The third kappa shape index (κ3) is 8.25. The smallest absolute Gasteiger partial charge is 0.160 e. The SMILES string of the molecule is COc1ccccc1CCCNCCCCCCC1c2ccc(O)c(O)c2CCC1N.Cl.Cl. The van der Waals surface area contributed by atoms with Gasteiger partial charge in [-0.05, 0) is 80.8 Å². The van der Waals surface area contributed by atoms with Crippen molar-refractivity contribution in [2.45, 2.75) is 69.7 Å². The van der Waals surface area contributed by atoms with Crippen LogP contribution in [0.15, 0.2) is 36.4 Å². The molecule has 0 heterocycles. The van der Waals surface area contributed by atoms with Crippen LogP contribution in [0.5, 0.6) is 17.2 Å². The van der Waals surface area contributed by atoms with Crippen molar-refractivity contribution in [2.75, 3.05) is 20.2 Å². The van der Waals surface area contributed by atoms with E-state index in [1.54, 1.807) is 13.2 Å². The van der Waals surface area contributed by atoms with Gasteiger partial charge in [0.1, 0.15) is 5.75 Å². The Morgan fingerprint density at radius 2 is 1.70 bits per heavy atom. The lowest BCUT2D eigenvalue weighted by Gasteiger charge is -2.32. The predicted octanol–water partition coefficient (Wildman–Crippen LogP) is 5.48. The van der Waals surface area contributed by atoms with Crippen LogP contribution in [0.4, 0.5) is 0 Å². The number of phenols is 2. The highest BCUT2D eigenvalue weighted by atomic mass is 35.5. The summed E-state index contributed by atoms with van der Waals surface area (Å²) in [4.78, 5) is 0. The molecule has 186 valence electrons. The van der Waals surface area contributed by atoms with Crippen molar-refractivity contribution in [3.05, 3.63) is 53.1 Å². The maximum atomic E-state index is 10.2. The average Bonchev–Trinajstić information content (AvgIpc) is 2.79. The van der Waals surface area contributed by atoms with Crippen LogP contribution in [0, 0.1) is 0 Å². The number of hydrogen-bond donors (Lipinski definition) is 4. The van der Waals surface area contributed by atoms with Crippen LogP contribution >= 0.6 is 24.8 Å². The van der Waals surface area contributed by atoms with Crippen molar-refractivity contribution in [2.24, 2.45) is 5.73 Å². The maximum absolute atomic E-state index is 10.2. The maximum Gasteiger partial charge on any atom is 0.160 e. The Hall–Kier alpha value is -1.66. The summed E-state index contributed by atoms with van der Waals surface area (Å²) >= 11 is 0. The lowest BCUT2D eigenvalue weighted by molar-refractivity contribution is 0.380. The van der Waals surface area contributed by atoms with Gasteiger partial charge in [-0.25, -0.2) is 0 Å². The summed E-state index contributed by atoms with van der Waals surface area (Å²) in [5.74, 6) is 1.28. The van der Waals surface area contributed by atoms with E-state index >= 15 is 0 Å². The molecule has 5 nitrogen and oxygen atoms in total. The van der Waals surface area contributed by atoms with Crippen molar-refractivity contribution in [3.63, 3.8) is 0 Å². The standard InChI is InChI=1S/C26H38N2O3.2ClH/c1-31-25-12-6-5-9-19(25)10-8-18-28-17-7-3-2-4-11-21-20-14-16-24(29)26(30)22(20)13-15-23(21)27;;/h5-6,9,12,14,16,21,23,28-30H,2-4,7-8,10-11,13,15,17-18,27H2,1H3;2*1H. The van der Waals surface area contributed by atoms with E-state index in [9.17, 15) is 10.2 Å². The first-order chi connectivity index (χ1) is 15.1. The Morgan fingerprint density at radius 3 is 2.48 bits per heavy atom. The van der Waals surface area contributed by atoms with E-state index in [1.165, 1.54) is 24.8 Å². The molecule has 0 spiro atoms. The first-order valence-corrected chi connectivity index (χ1v) is 11.7. The van der Waals surface area contributed by atoms with Gasteiger partial charge in [-0.2, -0.15) is 0 Å². The van der Waals surface area contributed by atoms with E-state index < -0.39 is 0 Å². The second kappa shape index (κ2) is 15.3. The number of aryl methyl sites for hydroxylation is 1. The molecular weight excluding hydrogens is 459 g/mol. The number of halogens is 2. The molecule has 7 heteroatoms. The van der Waals surface area contributed by atoms with E-state index in [0.717, 1.165) is 68.5 Å². The summed E-state index contributed by atoms with van der Waals surface area (Å²) in [6, 6.07) is 11.9. The molecule has 2 aromatic rings. The minimum atomic E-state index is -0.0247. The van der Waals surface area contributed by atoms with Gasteiger partial charge in [0.15, 0.2) is 11.5 Å². The Labute approximate surface area is 210 Å². The van der Waals surface area contributed by atoms with Gasteiger partial charge in [-0.15, -0.1) is 24.8 Å². The van der Waals surface area contributed by atoms with Gasteiger partial charge in [0.25, 0.3) is 0 Å². The average molecular weight is 500 g/mol. The van der Waals surface area contributed by atoms with Gasteiger partial charge in [-0.3, -0.25) is 0 Å². The predicted molar refractivity (Wildman–Crippen MR) is 141 cm³/mol. The van der Waals surface area contributed by atoms with E-state index in [1.807, 2.05) is 18.2 Å². The molecule has 0 bridgehead atoms. The number of phenolic OH excluding ortho intramolecular Hbond substituents is 2. The van der Waals surface area contributed by atoms with Crippen LogP contribution in [0.1, 0.15) is 67.6 Å². The summed E-state index contributed by atoms with van der Waals surface area (Å²) in [5, 5.41) is 23.5. The fraction of sp³-hybridized carbons (Fsp3) is 0.538. The number of nitrogens with one attached hydrogen (secondary N) is 1. The van der Waals surface area contributed by atoms with Crippen molar-refractivity contribution >= 4 is 24.8 Å². The van der Waals surface area contributed by atoms with E-state index in [4.69, 9.17) is 10.5 Å². The van der Waals surface area contributed by atoms with Crippen LogP contribution in [0.3, 0.4) is 0 Å². The fourth-order valence-corrected chi connectivity index (χ4v) is 4.77. The van der Waals surface area contributed by atoms with Crippen LogP contribution in [0.2, 0.25) is 0 Å². The zero-order valence-electron chi connectivity index (χ0n) is 19.6. The summed E-state index contributed by atoms with van der Waals surface area (Å²) in [6.45, 7) is 2.09. The van der Waals surface area contributed by atoms with Crippen LogP contribution < -0.4 is 15.8 Å². The number of rotatable bonds is 12. The van der Waals surface area contributed by atoms with Crippen molar-refractivity contribution in [1.82, 2.24) is 5.32 Å². The number of fused-ring (bicyclic) bond motifs is 1. The van der Waals surface area contributed by atoms with Gasteiger partial charge in [0, 0.05) is 11.6 Å². The largest absolute Gasteiger partial charge is 0.504 e. The molecule has 0 radical (unpaired) electrons. The summed E-state index contributed by atoms with van der Waals surface area (Å²) in [6.07, 6.45) is 9.56. The number of hydrogen-bond acceptors (Lipinski definition) is 5. The molecule has 0 saturated heterocycles. The molecule has 5 N–H and O–H groups in total. The molecule has 2 unspecified atom stereocenters. The molecule has 0 amide bonds. The third-order valence-electron chi connectivity index (χ3n) is 6.55. The highest BCUT2D eigenvalue weighted by Gasteiger charge is 2.29. The minimum Gasteiger partial charge on any atom is -0.504 e. The Bertz CT molecular complexity index is 835. The molecule has 3 rings (SSSR count). The number of unbranched alkanes of at least 4 members (excludes halogenated alkanes) is 3. The molecule has 33 heavy (non-hydrogen) atoms. The molecule has 2 aromatic carbocycles. The Kier molecular flexibility index (Phi) is 13.6. The minimum absolute atomic E-state index is 0. The van der Waals surface area contributed by atoms with E-state index in [-0.39, 0.29) is 48.3 Å². The molecule has 0 saturated carbocycles. The molecule has 0 aliphatic heterocycles. The molecule has 2 atom stereocenters. The Morgan fingerprint density at radius 1 is 0.970 bits per heavy atom. The van der Waals surface area contributed by atoms with Crippen molar-refractivity contribution in [3.8, 4) is 17.2 Å². The van der Waals surface area contributed by atoms with Gasteiger partial charge in [0.05, 0.1) is 7.11 Å². The number of benzene rings is 2. The van der Waals surface area contributed by atoms with Gasteiger partial charge >= 0.3 is 0 Å². The fourth-order valence-electron chi connectivity index (χ4n) is 4.77. The molecule has 1 aliphatic carbocycles. The Balaban J connectivity index is 0.00000272. The van der Waals surface area contributed by atoms with Gasteiger partial charge < -0.3 is 26.0 Å². The molecular formula is C26H40Cl2N2O3. The zero-order chi connectivity index (χ0) is 22.1. The summed E-state index contributed by atoms with van der Waals surface area (Å²) < 4.78 is 5.41. The molecule has 1 aliphatic rings. The van der Waals surface area contributed by atoms with E-state index in [0.29, 0.717) is 0 Å². The lowest BCUT2D eigenvalue weighted by Crippen LogP contribution is -2.33. The normalized spacial score (nSPS) is 16.9. The van der Waals surface area contributed by atoms with Gasteiger partial charge in [0.2, 0.25) is 0 Å². The van der Waals surface area contributed by atoms with Crippen molar-refractivity contribution in [1.29, 1.82) is 0 Å². The van der Waals surface area contributed by atoms with Gasteiger partial charge in [-0.1, -0.05) is 43.5 Å². The number of nitrogens with two attached hydrogens (primary N) is 1. The lowest BCUT2D eigenvalue weighted by atomic mass is 9.76. The number of para-hydroxylation sites is 1. The summed E-state index contributed by atoms with van der Waals surface area (Å²) in [5.41, 5.74) is 9.69. The zero-order valence-corrected chi connectivity index (χ0v) is 21.2. The number of methoxy groups -OCH3 is 1. The molecule has 0 aromatic heterocycles. The second-order valence-electron chi connectivity index (χ2n) is 8.68. The third-order valence-corrected chi connectivity index (χ3v) is 6.55. The van der Waals surface area contributed by atoms with Crippen LogP contribution in [-0.4, -0.2) is 36.5 Å². The molecule has 0 fully saturated rings. The second-order valence-corrected chi connectivity index (χ2v) is 8.68. The number of ether oxygens (including phenoxy) is 1. The first-order valence-electron chi connectivity index (χ1n) is 11.7. The first kappa shape index (κ1) is 29.4.